The van der Waals surface area contributed by atoms with Gasteiger partial charge in [0.15, 0.2) is 0 Å². The smallest absolute Gasteiger partial charge is 0.0566 e. The fraction of sp³-hybridized carbons (Fsp3) is 0.200. The van der Waals surface area contributed by atoms with Gasteiger partial charge in [-0.15, -0.1) is 0 Å². The number of aromatic nitrogens is 1. The summed E-state index contributed by atoms with van der Waals surface area (Å²) in [5, 5.41) is 14.5. The van der Waals surface area contributed by atoms with Crippen molar-refractivity contribution >= 4 is 59.7 Å². The summed E-state index contributed by atoms with van der Waals surface area (Å²) in [7, 11) is 0. The molecule has 2 aliphatic carbocycles. The van der Waals surface area contributed by atoms with E-state index in [0.717, 1.165) is 12.8 Å². The zero-order chi connectivity index (χ0) is 35.1. The highest BCUT2D eigenvalue weighted by Gasteiger charge is 2.25. The Morgan fingerprint density at radius 1 is 0.692 bits per heavy atom. The lowest BCUT2D eigenvalue weighted by molar-refractivity contribution is 0.591. The van der Waals surface area contributed by atoms with Crippen LogP contribution in [0.2, 0.25) is 0 Å². The maximum absolute atomic E-state index is 3.65. The van der Waals surface area contributed by atoms with Gasteiger partial charge in [0, 0.05) is 39.5 Å². The van der Waals surface area contributed by atoms with E-state index in [-0.39, 0.29) is 17.4 Å². The van der Waals surface area contributed by atoms with Gasteiger partial charge in [0.05, 0.1) is 6.04 Å². The maximum Gasteiger partial charge on any atom is 0.0566 e. The lowest BCUT2D eigenvalue weighted by Crippen LogP contribution is -2.26. The monoisotopic (exact) mass is 672 g/mol. The average Bonchev–Trinajstić information content (AvgIpc) is 3.51. The summed E-state index contributed by atoms with van der Waals surface area (Å²) in [6.07, 6.45) is 23.0. The maximum atomic E-state index is 3.65. The molecule has 0 radical (unpaired) electrons. The standard InChI is InChI=1S/C50H44N2/c1-31-11-9-16-45(51-31)33-21-19-32(20-22-33)43-30-44(42-26-24-36-28-37(50(2,3)4)27-35-23-25-41(43)49(42)48(35)36)34-12-10-13-38(29-34)52-46-17-7-5-14-39(46)40-15-6-8-18-47(40)52/h5-12,14-19,21-32,38,51H,13,20H2,1-4H3/t31?,32?,38-/m1/s1. The molecule has 52 heavy (non-hydrogen) atoms. The Hall–Kier alpha value is -5.60. The van der Waals surface area contributed by atoms with Gasteiger partial charge in [-0.25, -0.2) is 0 Å². The number of dihydropyridines is 1. The zero-order valence-electron chi connectivity index (χ0n) is 30.4. The number of hydrogen-bond acceptors (Lipinski definition) is 1. The van der Waals surface area contributed by atoms with Crippen molar-refractivity contribution in [1.82, 2.24) is 9.88 Å². The fourth-order valence-corrected chi connectivity index (χ4v) is 9.15. The molecule has 1 aliphatic heterocycles. The third-order valence-corrected chi connectivity index (χ3v) is 11.8. The van der Waals surface area contributed by atoms with E-state index in [9.17, 15) is 0 Å². The second kappa shape index (κ2) is 11.7. The highest BCUT2D eigenvalue weighted by atomic mass is 15.0. The largest absolute Gasteiger partial charge is 0.379 e. The molecule has 3 aliphatic rings. The SMILES string of the molecule is CC1C=CC=C(C2=CCC(c3cc(C4=C[C@H](n5c6ccccc6c6ccccc65)CC=C4)c4ccc5cc(C(C)(C)C)cc6ccc3c4c56)C=C2)N1. The molecule has 2 unspecified atom stereocenters. The van der Waals surface area contributed by atoms with Crippen LogP contribution < -0.4 is 5.32 Å². The van der Waals surface area contributed by atoms with Crippen molar-refractivity contribution in [2.24, 2.45) is 0 Å². The third kappa shape index (κ3) is 4.92. The molecule has 3 atom stereocenters. The molecule has 1 N–H and O–H groups in total. The van der Waals surface area contributed by atoms with Crippen LogP contribution in [-0.2, 0) is 5.41 Å². The second-order valence-electron chi connectivity index (χ2n) is 16.2. The normalized spacial score (nSPS) is 20.6. The number of fused-ring (bicyclic) bond motifs is 3. The Kier molecular flexibility index (Phi) is 7.02. The minimum atomic E-state index is 0.0768. The molecular weight excluding hydrogens is 629 g/mol. The van der Waals surface area contributed by atoms with Crippen molar-refractivity contribution in [3.8, 4) is 0 Å². The molecule has 0 saturated heterocycles. The Bertz CT molecular complexity index is 2700. The molecule has 0 spiro atoms. The van der Waals surface area contributed by atoms with E-state index in [1.807, 2.05) is 0 Å². The van der Waals surface area contributed by atoms with Crippen LogP contribution in [0.1, 0.15) is 69.2 Å². The molecule has 7 aromatic rings. The van der Waals surface area contributed by atoms with Gasteiger partial charge in [0.2, 0.25) is 0 Å². The topological polar surface area (TPSA) is 17.0 Å². The molecule has 2 heterocycles. The Balaban J connectivity index is 1.17. The van der Waals surface area contributed by atoms with Crippen molar-refractivity contribution in [3.05, 3.63) is 174 Å². The minimum absolute atomic E-state index is 0.0768. The van der Waals surface area contributed by atoms with Crippen molar-refractivity contribution in [1.29, 1.82) is 0 Å². The van der Waals surface area contributed by atoms with Gasteiger partial charge in [-0.05, 0) is 110 Å². The predicted octanol–water partition coefficient (Wildman–Crippen LogP) is 13.0. The molecule has 6 aromatic carbocycles. The molecule has 2 nitrogen and oxygen atoms in total. The van der Waals surface area contributed by atoms with E-state index in [4.69, 9.17) is 0 Å². The van der Waals surface area contributed by atoms with Crippen molar-refractivity contribution in [3.63, 3.8) is 0 Å². The van der Waals surface area contributed by atoms with Gasteiger partial charge < -0.3 is 9.88 Å². The molecule has 1 aromatic heterocycles. The lowest BCUT2D eigenvalue weighted by Gasteiger charge is -2.27. The van der Waals surface area contributed by atoms with E-state index in [2.05, 4.69) is 183 Å². The van der Waals surface area contributed by atoms with E-state index in [0.29, 0.717) is 6.04 Å². The van der Waals surface area contributed by atoms with Crippen LogP contribution in [0.15, 0.2) is 157 Å². The highest BCUT2D eigenvalue weighted by Crippen LogP contribution is 2.46. The quantitative estimate of drug-likeness (QED) is 0.184. The first-order valence-corrected chi connectivity index (χ1v) is 19.0. The zero-order valence-corrected chi connectivity index (χ0v) is 30.4. The predicted molar refractivity (Wildman–Crippen MR) is 223 cm³/mol. The van der Waals surface area contributed by atoms with E-state index < -0.39 is 0 Å². The summed E-state index contributed by atoms with van der Waals surface area (Å²) in [4.78, 5) is 0. The Morgan fingerprint density at radius 2 is 1.40 bits per heavy atom. The molecule has 10 rings (SSSR count). The van der Waals surface area contributed by atoms with Crippen LogP contribution in [0.5, 0.6) is 0 Å². The Labute approximate surface area is 306 Å². The van der Waals surface area contributed by atoms with Gasteiger partial charge >= 0.3 is 0 Å². The highest BCUT2D eigenvalue weighted by molar-refractivity contribution is 6.26. The van der Waals surface area contributed by atoms with E-state index >= 15 is 0 Å². The van der Waals surface area contributed by atoms with Crippen LogP contribution in [-0.4, -0.2) is 10.6 Å². The average molecular weight is 673 g/mol. The number of hydrogen-bond donors (Lipinski definition) is 1. The van der Waals surface area contributed by atoms with Crippen LogP contribution in [0, 0.1) is 0 Å². The van der Waals surface area contributed by atoms with Crippen molar-refractivity contribution in [2.75, 3.05) is 0 Å². The summed E-state index contributed by atoms with van der Waals surface area (Å²) in [5.41, 5.74) is 10.6. The molecular formula is C50H44N2. The second-order valence-corrected chi connectivity index (χ2v) is 16.2. The summed E-state index contributed by atoms with van der Waals surface area (Å²) < 4.78 is 2.57. The summed E-state index contributed by atoms with van der Waals surface area (Å²) in [6, 6.07) is 35.3. The van der Waals surface area contributed by atoms with Gasteiger partial charge in [-0.2, -0.15) is 0 Å². The number of benzene rings is 6. The van der Waals surface area contributed by atoms with Crippen LogP contribution in [0.4, 0.5) is 0 Å². The Morgan fingerprint density at radius 3 is 2.08 bits per heavy atom. The molecule has 0 fully saturated rings. The third-order valence-electron chi connectivity index (χ3n) is 11.8. The van der Waals surface area contributed by atoms with Gasteiger partial charge in [0.25, 0.3) is 0 Å². The lowest BCUT2D eigenvalue weighted by atomic mass is 9.79. The van der Waals surface area contributed by atoms with Crippen LogP contribution in [0.3, 0.4) is 0 Å². The fourth-order valence-electron chi connectivity index (χ4n) is 9.15. The molecule has 0 amide bonds. The summed E-state index contributed by atoms with van der Waals surface area (Å²) >= 11 is 0. The number of allylic oxidation sites excluding steroid dienone is 9. The molecule has 254 valence electrons. The molecule has 0 saturated carbocycles. The van der Waals surface area contributed by atoms with Crippen LogP contribution in [0.25, 0.3) is 59.7 Å². The first kappa shape index (κ1) is 31.2. The van der Waals surface area contributed by atoms with Gasteiger partial charge in [-0.3, -0.25) is 0 Å². The summed E-state index contributed by atoms with van der Waals surface area (Å²) in [5.74, 6) is 0.288. The van der Waals surface area contributed by atoms with Crippen LogP contribution >= 0.6 is 0 Å². The number of nitrogens with zero attached hydrogens (tertiary/aromatic N) is 1. The molecule has 0 bridgehead atoms. The molecule has 2 heteroatoms. The number of nitrogens with one attached hydrogen (secondary N) is 1. The summed E-state index contributed by atoms with van der Waals surface area (Å²) in [6.45, 7) is 9.16. The van der Waals surface area contributed by atoms with Gasteiger partial charge in [0.1, 0.15) is 0 Å². The van der Waals surface area contributed by atoms with Crippen molar-refractivity contribution < 1.29 is 0 Å². The van der Waals surface area contributed by atoms with Gasteiger partial charge in [-0.1, -0.05) is 142 Å². The number of rotatable bonds is 4. The first-order valence-electron chi connectivity index (χ1n) is 19.0. The number of para-hydroxylation sites is 2. The minimum Gasteiger partial charge on any atom is -0.379 e. The van der Waals surface area contributed by atoms with E-state index in [1.165, 1.54) is 87.7 Å². The van der Waals surface area contributed by atoms with Crippen molar-refractivity contribution in [2.45, 2.75) is 64.0 Å². The van der Waals surface area contributed by atoms with E-state index in [1.54, 1.807) is 0 Å². The first-order chi connectivity index (χ1) is 25.3.